The molecule has 0 radical (unpaired) electrons. The molecule has 0 saturated heterocycles. The first-order valence-corrected chi connectivity index (χ1v) is 6.74. The van der Waals surface area contributed by atoms with Crippen molar-refractivity contribution >= 4 is 29.0 Å². The second-order valence-electron chi connectivity index (χ2n) is 4.00. The van der Waals surface area contributed by atoms with Crippen LogP contribution in [0.1, 0.15) is 6.92 Å². The van der Waals surface area contributed by atoms with Crippen LogP contribution in [-0.2, 0) is 0 Å². The van der Waals surface area contributed by atoms with Gasteiger partial charge in [-0.2, -0.15) is 19.6 Å². The van der Waals surface area contributed by atoms with Crippen molar-refractivity contribution in [2.24, 2.45) is 0 Å². The maximum atomic E-state index is 6.33. The number of benzene rings is 1. The average molecular weight is 309 g/mol. The Morgan fingerprint density at radius 3 is 2.65 bits per heavy atom. The fourth-order valence-corrected chi connectivity index (χ4v) is 2.55. The van der Waals surface area contributed by atoms with E-state index in [0.29, 0.717) is 28.3 Å². The molecule has 1 aromatic carbocycles. The smallest absolute Gasteiger partial charge is 0.255 e. The van der Waals surface area contributed by atoms with E-state index in [4.69, 9.17) is 27.9 Å². The molecule has 102 valence electrons. The molecule has 7 heteroatoms. The molecule has 0 unspecified atom stereocenters. The molecule has 0 aliphatic rings. The van der Waals surface area contributed by atoms with Gasteiger partial charge in [0.05, 0.1) is 12.2 Å². The quantitative estimate of drug-likeness (QED) is 0.695. The van der Waals surface area contributed by atoms with Gasteiger partial charge in [-0.25, -0.2) is 0 Å². The lowest BCUT2D eigenvalue weighted by atomic mass is 10.1. The Kier molecular flexibility index (Phi) is 3.46. The van der Waals surface area contributed by atoms with Crippen LogP contribution in [0.15, 0.2) is 30.6 Å². The van der Waals surface area contributed by atoms with Gasteiger partial charge in [-0.1, -0.05) is 35.3 Å². The van der Waals surface area contributed by atoms with Crippen molar-refractivity contribution in [2.75, 3.05) is 6.61 Å². The zero-order valence-electron chi connectivity index (χ0n) is 10.5. The Bertz CT molecular complexity index is 755. The van der Waals surface area contributed by atoms with Crippen LogP contribution in [0.2, 0.25) is 10.3 Å². The molecule has 0 N–H and O–H groups in total. The van der Waals surface area contributed by atoms with E-state index in [1.165, 1.54) is 10.8 Å². The van der Waals surface area contributed by atoms with Crippen LogP contribution in [-0.4, -0.2) is 26.2 Å². The number of hydrogen-bond donors (Lipinski definition) is 0. The summed E-state index contributed by atoms with van der Waals surface area (Å²) in [5, 5.41) is 4.69. The summed E-state index contributed by atoms with van der Waals surface area (Å²) >= 11 is 12.5. The van der Waals surface area contributed by atoms with Gasteiger partial charge < -0.3 is 4.74 Å². The first kappa shape index (κ1) is 13.1. The van der Waals surface area contributed by atoms with Gasteiger partial charge in [0.25, 0.3) is 5.78 Å². The summed E-state index contributed by atoms with van der Waals surface area (Å²) in [6.45, 7) is 2.55. The maximum Gasteiger partial charge on any atom is 0.255 e. The van der Waals surface area contributed by atoms with Gasteiger partial charge in [0.2, 0.25) is 0 Å². The van der Waals surface area contributed by atoms with Crippen LogP contribution >= 0.6 is 23.2 Å². The third kappa shape index (κ3) is 2.19. The van der Waals surface area contributed by atoms with Crippen molar-refractivity contribution in [1.82, 2.24) is 19.6 Å². The van der Waals surface area contributed by atoms with Crippen LogP contribution in [0.3, 0.4) is 0 Å². The fraction of sp³-hybridized carbons (Fsp3) is 0.154. The summed E-state index contributed by atoms with van der Waals surface area (Å²) in [4.78, 5) is 8.14. The standard InChI is InChI=1S/C13H10Cl2N4O/c1-2-20-9-5-3-8(4-6-9)10-11(14)18-13-16-7-17-19(13)12(10)15/h3-7H,2H2,1H3. The summed E-state index contributed by atoms with van der Waals surface area (Å²) in [5.74, 6) is 1.16. The van der Waals surface area contributed by atoms with E-state index in [2.05, 4.69) is 15.1 Å². The molecule has 2 heterocycles. The van der Waals surface area contributed by atoms with Crippen LogP contribution < -0.4 is 4.74 Å². The fourth-order valence-electron chi connectivity index (χ4n) is 1.91. The molecule has 0 atom stereocenters. The molecule has 0 aliphatic carbocycles. The Morgan fingerprint density at radius 1 is 1.20 bits per heavy atom. The van der Waals surface area contributed by atoms with Crippen molar-refractivity contribution in [1.29, 1.82) is 0 Å². The molecule has 0 spiro atoms. The van der Waals surface area contributed by atoms with Crippen molar-refractivity contribution in [2.45, 2.75) is 6.92 Å². The second-order valence-corrected chi connectivity index (χ2v) is 4.71. The van der Waals surface area contributed by atoms with E-state index in [0.717, 1.165) is 11.3 Å². The molecule has 0 aliphatic heterocycles. The highest BCUT2D eigenvalue weighted by atomic mass is 35.5. The van der Waals surface area contributed by atoms with Gasteiger partial charge >= 0.3 is 0 Å². The number of hydrogen-bond acceptors (Lipinski definition) is 4. The molecular formula is C13H10Cl2N4O. The Morgan fingerprint density at radius 2 is 1.95 bits per heavy atom. The zero-order chi connectivity index (χ0) is 14.1. The van der Waals surface area contributed by atoms with Crippen LogP contribution in [0.5, 0.6) is 5.75 Å². The summed E-state index contributed by atoms with van der Waals surface area (Å²) in [5.41, 5.74) is 1.46. The Labute approximate surface area is 125 Å². The minimum Gasteiger partial charge on any atom is -0.494 e. The average Bonchev–Trinajstić information content (AvgIpc) is 2.89. The molecule has 0 fully saturated rings. The highest BCUT2D eigenvalue weighted by Crippen LogP contribution is 2.34. The summed E-state index contributed by atoms with van der Waals surface area (Å²) in [7, 11) is 0. The largest absolute Gasteiger partial charge is 0.494 e. The number of rotatable bonds is 3. The number of ether oxygens (including phenoxy) is 1. The van der Waals surface area contributed by atoms with Gasteiger partial charge in [-0.15, -0.1) is 0 Å². The molecule has 3 rings (SSSR count). The van der Waals surface area contributed by atoms with Gasteiger partial charge in [-0.3, -0.25) is 0 Å². The summed E-state index contributed by atoms with van der Waals surface area (Å²) in [6, 6.07) is 7.47. The molecule has 3 aromatic rings. The molecule has 20 heavy (non-hydrogen) atoms. The van der Waals surface area contributed by atoms with Crippen molar-refractivity contribution in [3.8, 4) is 16.9 Å². The number of aromatic nitrogens is 4. The van der Waals surface area contributed by atoms with E-state index in [1.807, 2.05) is 31.2 Å². The van der Waals surface area contributed by atoms with Crippen LogP contribution in [0, 0.1) is 0 Å². The van der Waals surface area contributed by atoms with Crippen LogP contribution in [0.25, 0.3) is 16.9 Å². The molecule has 5 nitrogen and oxygen atoms in total. The van der Waals surface area contributed by atoms with Crippen LogP contribution in [0.4, 0.5) is 0 Å². The van der Waals surface area contributed by atoms with E-state index in [1.54, 1.807) is 0 Å². The molecule has 0 bridgehead atoms. The van der Waals surface area contributed by atoms with Crippen molar-refractivity contribution in [3.63, 3.8) is 0 Å². The molecule has 2 aromatic heterocycles. The SMILES string of the molecule is CCOc1ccc(-c2c(Cl)nc3ncnn3c2Cl)cc1. The summed E-state index contributed by atoms with van der Waals surface area (Å²) < 4.78 is 6.85. The van der Waals surface area contributed by atoms with E-state index < -0.39 is 0 Å². The van der Waals surface area contributed by atoms with Gasteiger partial charge in [0.1, 0.15) is 22.4 Å². The van der Waals surface area contributed by atoms with Crippen molar-refractivity contribution < 1.29 is 4.74 Å². The molecular weight excluding hydrogens is 299 g/mol. The van der Waals surface area contributed by atoms with Crippen molar-refractivity contribution in [3.05, 3.63) is 40.9 Å². The summed E-state index contributed by atoms with van der Waals surface area (Å²) in [6.07, 6.45) is 1.38. The number of nitrogens with zero attached hydrogens (tertiary/aromatic N) is 4. The zero-order valence-corrected chi connectivity index (χ0v) is 12.1. The maximum absolute atomic E-state index is 6.33. The topological polar surface area (TPSA) is 52.3 Å². The first-order chi connectivity index (χ1) is 9.70. The number of fused-ring (bicyclic) bond motifs is 1. The lowest BCUT2D eigenvalue weighted by Crippen LogP contribution is -1.97. The lowest BCUT2D eigenvalue weighted by Gasteiger charge is -2.09. The third-order valence-corrected chi connectivity index (χ3v) is 3.40. The Balaban J connectivity index is 2.13. The van der Waals surface area contributed by atoms with Gasteiger partial charge in [0, 0.05) is 0 Å². The lowest BCUT2D eigenvalue weighted by molar-refractivity contribution is 0.340. The number of halogens is 2. The second kappa shape index (κ2) is 5.26. The normalized spacial score (nSPS) is 10.9. The monoisotopic (exact) mass is 308 g/mol. The Hall–Kier alpha value is -1.85. The highest BCUT2D eigenvalue weighted by molar-refractivity contribution is 6.38. The van der Waals surface area contributed by atoms with E-state index >= 15 is 0 Å². The third-order valence-electron chi connectivity index (χ3n) is 2.78. The minimum absolute atomic E-state index is 0.291. The minimum atomic E-state index is 0.291. The van der Waals surface area contributed by atoms with Gasteiger partial charge in [-0.05, 0) is 24.6 Å². The predicted octanol–water partition coefficient (Wildman–Crippen LogP) is 3.50. The first-order valence-electron chi connectivity index (χ1n) is 5.98. The molecule has 0 saturated carbocycles. The van der Waals surface area contributed by atoms with E-state index in [-0.39, 0.29) is 0 Å². The predicted molar refractivity (Wildman–Crippen MR) is 77.4 cm³/mol. The molecule has 0 amide bonds. The van der Waals surface area contributed by atoms with Gasteiger partial charge in [0.15, 0.2) is 0 Å². The highest BCUT2D eigenvalue weighted by Gasteiger charge is 2.15. The van der Waals surface area contributed by atoms with E-state index in [9.17, 15) is 0 Å².